The van der Waals surface area contributed by atoms with Gasteiger partial charge < -0.3 is 9.26 Å². The predicted octanol–water partition coefficient (Wildman–Crippen LogP) is 7.90. The van der Waals surface area contributed by atoms with Gasteiger partial charge in [0.15, 0.2) is 10.4 Å². The van der Waals surface area contributed by atoms with Crippen molar-refractivity contribution < 1.29 is 58.0 Å². The van der Waals surface area contributed by atoms with Crippen molar-refractivity contribution in [2.45, 2.75) is 88.8 Å². The molecule has 0 spiro atoms. The maximum absolute atomic E-state index is 14.4. The van der Waals surface area contributed by atoms with Gasteiger partial charge in [-0.05, 0) is 39.3 Å². The Morgan fingerprint density at radius 2 is 1.76 bits per heavy atom. The van der Waals surface area contributed by atoms with E-state index in [1.807, 2.05) is 0 Å². The minimum absolute atomic E-state index is 0.0147. The van der Waals surface area contributed by atoms with Gasteiger partial charge in [-0.2, -0.15) is 31.3 Å². The Balaban J connectivity index is 1.85. The Morgan fingerprint density at radius 3 is 2.29 bits per heavy atom. The molecule has 3 heterocycles. The van der Waals surface area contributed by atoms with Crippen LogP contribution in [-0.2, 0) is 27.9 Å². The second-order valence-electron chi connectivity index (χ2n) is 11.5. The zero-order chi connectivity index (χ0) is 33.8. The molecule has 1 fully saturated rings. The van der Waals surface area contributed by atoms with Crippen LogP contribution in [0.2, 0.25) is 0 Å². The molecular weight excluding hydrogens is 650 g/mol. The normalized spacial score (nSPS) is 18.2. The number of aromatic nitrogens is 3. The van der Waals surface area contributed by atoms with E-state index in [-0.39, 0.29) is 59.7 Å². The zero-order valence-corrected chi connectivity index (χ0v) is 24.8. The molecule has 3 aromatic rings. The van der Waals surface area contributed by atoms with Gasteiger partial charge in [0.1, 0.15) is 5.60 Å². The summed E-state index contributed by atoms with van der Waals surface area (Å²) in [5.41, 5.74) is -8.63. The lowest BCUT2D eigenvalue weighted by atomic mass is 9.79. The average molecular weight is 677 g/mol. The van der Waals surface area contributed by atoms with E-state index in [1.54, 1.807) is 13.8 Å². The molecule has 18 heteroatoms. The van der Waals surface area contributed by atoms with E-state index < -0.39 is 71.4 Å². The molecule has 0 aliphatic carbocycles. The smallest absolute Gasteiger partial charge is 0.406 e. The van der Waals surface area contributed by atoms with Gasteiger partial charge >= 0.3 is 12.4 Å². The fourth-order valence-electron chi connectivity index (χ4n) is 4.95. The van der Waals surface area contributed by atoms with Crippen LogP contribution in [0, 0.1) is 0 Å². The van der Waals surface area contributed by atoms with Crippen molar-refractivity contribution in [3.05, 3.63) is 40.9 Å². The summed E-state index contributed by atoms with van der Waals surface area (Å²) in [5, 5.41) is 3.74. The first kappa shape index (κ1) is 34.6. The van der Waals surface area contributed by atoms with Gasteiger partial charge in [-0.3, -0.25) is 9.69 Å². The summed E-state index contributed by atoms with van der Waals surface area (Å²) in [7, 11) is 0. The highest BCUT2D eigenvalue weighted by Gasteiger charge is 2.68. The highest BCUT2D eigenvalue weighted by molar-refractivity contribution is 7.18. The van der Waals surface area contributed by atoms with Crippen LogP contribution < -0.4 is 0 Å². The van der Waals surface area contributed by atoms with Crippen molar-refractivity contribution in [2.75, 3.05) is 6.54 Å². The third-order valence-corrected chi connectivity index (χ3v) is 8.67. The average Bonchev–Trinajstić information content (AvgIpc) is 3.58. The van der Waals surface area contributed by atoms with Crippen molar-refractivity contribution in [2.24, 2.45) is 0 Å². The molecule has 1 aliphatic heterocycles. The molecule has 0 radical (unpaired) electrons. The first-order valence-electron chi connectivity index (χ1n) is 13.2. The minimum atomic E-state index is -5.88. The van der Waals surface area contributed by atoms with Crippen LogP contribution in [0.4, 0.5) is 43.9 Å². The van der Waals surface area contributed by atoms with Crippen LogP contribution in [0.1, 0.15) is 63.3 Å². The first-order chi connectivity index (χ1) is 20.6. The molecular formula is C27H26F10N4O3S. The summed E-state index contributed by atoms with van der Waals surface area (Å²) >= 11 is 0.672. The molecule has 0 saturated carbocycles. The minimum Gasteiger partial charge on any atom is -0.461 e. The van der Waals surface area contributed by atoms with Crippen molar-refractivity contribution in [3.63, 3.8) is 0 Å². The highest BCUT2D eigenvalue weighted by Crippen LogP contribution is 2.53. The standard InChI is InChI=1S/C27H26F10N4O3S/c1-13-8-25(30,31)11-41(13)10-17-19(45-22(38-17)21-39-18(44-40-21)9-23(2,3)43-12-42)15-6-5-14(7-16(15)20(28)29)24(4,26(32,33)34)27(35,36)37/h5-7,12-13,20H,8-11H2,1-4H3/t13-/m0/s1. The van der Waals surface area contributed by atoms with Gasteiger partial charge in [0, 0.05) is 30.1 Å². The lowest BCUT2D eigenvalue weighted by molar-refractivity contribution is -0.297. The molecule has 0 N–H and O–H groups in total. The molecule has 0 amide bonds. The van der Waals surface area contributed by atoms with E-state index in [1.165, 1.54) is 11.8 Å². The summed E-state index contributed by atoms with van der Waals surface area (Å²) in [4.78, 5) is 20.5. The number of halogens is 10. The van der Waals surface area contributed by atoms with Crippen molar-refractivity contribution in [1.82, 2.24) is 20.0 Å². The number of carbonyl (C=O) groups excluding carboxylic acids is 1. The Hall–Kier alpha value is -3.28. The number of rotatable bonds is 10. The fourth-order valence-corrected chi connectivity index (χ4v) is 5.99. The van der Waals surface area contributed by atoms with Gasteiger partial charge in [-0.25, -0.2) is 22.5 Å². The van der Waals surface area contributed by atoms with Crippen molar-refractivity contribution >= 4 is 17.8 Å². The molecule has 0 unspecified atom stereocenters. The van der Waals surface area contributed by atoms with Gasteiger partial charge in [-0.1, -0.05) is 17.3 Å². The van der Waals surface area contributed by atoms with Crippen LogP contribution in [0.5, 0.6) is 0 Å². The van der Waals surface area contributed by atoms with E-state index in [4.69, 9.17) is 9.26 Å². The zero-order valence-electron chi connectivity index (χ0n) is 24.0. The Labute approximate surface area is 253 Å². The number of likely N-dealkylation sites (tertiary alicyclic amines) is 1. The molecule has 45 heavy (non-hydrogen) atoms. The largest absolute Gasteiger partial charge is 0.461 e. The Bertz CT molecular complexity index is 1520. The summed E-state index contributed by atoms with van der Waals surface area (Å²) in [6, 6.07) is 0.639. The molecule has 2 aromatic heterocycles. The number of hydrogen-bond acceptors (Lipinski definition) is 8. The monoisotopic (exact) mass is 676 g/mol. The number of nitrogens with zero attached hydrogens (tertiary/aromatic N) is 4. The number of ether oxygens (including phenoxy) is 1. The number of carbonyl (C=O) groups is 1. The third kappa shape index (κ3) is 6.95. The van der Waals surface area contributed by atoms with Gasteiger partial charge in [0.05, 0.1) is 23.5 Å². The van der Waals surface area contributed by atoms with Crippen molar-refractivity contribution in [1.29, 1.82) is 0 Å². The van der Waals surface area contributed by atoms with E-state index in [0.717, 1.165) is 0 Å². The SMILES string of the molecule is C[C@H]1CC(F)(F)CN1Cc1nc(-c2noc(CC(C)(C)OC=O)n2)sc1-c1ccc(C(C)(C(F)(F)F)C(F)(F)F)cc1C(F)F. The second kappa shape index (κ2) is 11.8. The molecule has 4 rings (SSSR count). The molecule has 7 nitrogen and oxygen atoms in total. The lowest BCUT2D eigenvalue weighted by Crippen LogP contribution is -2.51. The number of thiazole rings is 1. The molecule has 1 aromatic carbocycles. The van der Waals surface area contributed by atoms with Crippen LogP contribution in [0.25, 0.3) is 21.3 Å². The van der Waals surface area contributed by atoms with E-state index in [0.29, 0.717) is 23.5 Å². The topological polar surface area (TPSA) is 81.4 Å². The second-order valence-corrected chi connectivity index (χ2v) is 12.5. The van der Waals surface area contributed by atoms with E-state index in [2.05, 4.69) is 15.1 Å². The van der Waals surface area contributed by atoms with Crippen LogP contribution in [0.15, 0.2) is 22.7 Å². The maximum Gasteiger partial charge on any atom is 0.406 e. The molecule has 0 bridgehead atoms. The van der Waals surface area contributed by atoms with E-state index in [9.17, 15) is 48.7 Å². The summed E-state index contributed by atoms with van der Waals surface area (Å²) in [5.74, 6) is -3.24. The predicted molar refractivity (Wildman–Crippen MR) is 140 cm³/mol. The number of alkyl halides is 10. The van der Waals surface area contributed by atoms with Gasteiger partial charge in [0.25, 0.3) is 18.8 Å². The quantitative estimate of drug-likeness (QED) is 0.160. The summed E-state index contributed by atoms with van der Waals surface area (Å²) in [6.07, 6.45) is -15.8. The van der Waals surface area contributed by atoms with Crippen molar-refractivity contribution in [3.8, 4) is 21.3 Å². The lowest BCUT2D eigenvalue weighted by Gasteiger charge is -2.34. The number of benzene rings is 1. The molecule has 1 saturated heterocycles. The molecule has 248 valence electrons. The van der Waals surface area contributed by atoms with E-state index >= 15 is 0 Å². The summed E-state index contributed by atoms with van der Waals surface area (Å²) < 4.78 is 150. The maximum atomic E-state index is 14.4. The Morgan fingerprint density at radius 1 is 1.11 bits per heavy atom. The Kier molecular flexibility index (Phi) is 9.09. The van der Waals surface area contributed by atoms with Crippen LogP contribution in [-0.4, -0.2) is 63.0 Å². The third-order valence-electron chi connectivity index (χ3n) is 7.55. The molecule has 1 aliphatic rings. The van der Waals surface area contributed by atoms with Gasteiger partial charge in [-0.15, -0.1) is 11.3 Å². The number of hydrogen-bond donors (Lipinski definition) is 0. The highest BCUT2D eigenvalue weighted by atomic mass is 32.1. The first-order valence-corrected chi connectivity index (χ1v) is 14.0. The fraction of sp³-hybridized carbons (Fsp3) is 0.556. The van der Waals surface area contributed by atoms with Crippen LogP contribution in [0.3, 0.4) is 0 Å². The molecule has 1 atom stereocenters. The van der Waals surface area contributed by atoms with Gasteiger partial charge in [0.2, 0.25) is 11.7 Å². The van der Waals surface area contributed by atoms with Crippen LogP contribution >= 0.6 is 11.3 Å². The summed E-state index contributed by atoms with van der Waals surface area (Å²) in [6.45, 7) is 3.67.